The van der Waals surface area contributed by atoms with Crippen molar-refractivity contribution in [3.05, 3.63) is 54.1 Å². The third-order valence-electron chi connectivity index (χ3n) is 3.11. The smallest absolute Gasteiger partial charge is 0.220 e. The SMILES string of the molecule is NCCCC(=O)NCc1ccccc1Cn1ccnc1. The average Bonchev–Trinajstić information content (AvgIpc) is 2.97. The number of imidazole rings is 1. The van der Waals surface area contributed by atoms with E-state index in [-0.39, 0.29) is 5.91 Å². The molecular formula is C15H20N4O. The summed E-state index contributed by atoms with van der Waals surface area (Å²) >= 11 is 0. The van der Waals surface area contributed by atoms with Gasteiger partial charge in [-0.1, -0.05) is 24.3 Å². The lowest BCUT2D eigenvalue weighted by Gasteiger charge is -2.11. The van der Waals surface area contributed by atoms with E-state index >= 15 is 0 Å². The Morgan fingerprint density at radius 1 is 1.30 bits per heavy atom. The lowest BCUT2D eigenvalue weighted by atomic mass is 10.1. The van der Waals surface area contributed by atoms with Crippen molar-refractivity contribution in [2.75, 3.05) is 6.54 Å². The molecule has 5 heteroatoms. The summed E-state index contributed by atoms with van der Waals surface area (Å²) in [5, 5.41) is 2.93. The zero-order valence-corrected chi connectivity index (χ0v) is 11.5. The molecule has 0 aliphatic heterocycles. The molecule has 0 fully saturated rings. The average molecular weight is 272 g/mol. The standard InChI is InChI=1S/C15H20N4O/c16-7-3-6-15(20)18-10-13-4-1-2-5-14(13)11-19-9-8-17-12-19/h1-2,4-5,8-9,12H,3,6-7,10-11,16H2,(H,18,20). The van der Waals surface area contributed by atoms with Crippen LogP contribution in [-0.4, -0.2) is 22.0 Å². The van der Waals surface area contributed by atoms with Crippen LogP contribution >= 0.6 is 0 Å². The Labute approximate surface area is 118 Å². The lowest BCUT2D eigenvalue weighted by molar-refractivity contribution is -0.121. The van der Waals surface area contributed by atoms with E-state index in [0.29, 0.717) is 19.5 Å². The normalized spacial score (nSPS) is 10.4. The van der Waals surface area contributed by atoms with Gasteiger partial charge in [0.1, 0.15) is 0 Å². The van der Waals surface area contributed by atoms with Crippen LogP contribution in [0.1, 0.15) is 24.0 Å². The van der Waals surface area contributed by atoms with Gasteiger partial charge in [0.05, 0.1) is 6.33 Å². The van der Waals surface area contributed by atoms with Crippen molar-refractivity contribution in [3.8, 4) is 0 Å². The van der Waals surface area contributed by atoms with E-state index in [9.17, 15) is 4.79 Å². The minimum Gasteiger partial charge on any atom is -0.352 e. The minimum atomic E-state index is 0.0490. The predicted molar refractivity (Wildman–Crippen MR) is 77.9 cm³/mol. The molecule has 1 amide bonds. The number of nitrogens with zero attached hydrogens (tertiary/aromatic N) is 2. The minimum absolute atomic E-state index is 0.0490. The summed E-state index contributed by atoms with van der Waals surface area (Å²) in [6, 6.07) is 8.10. The molecule has 0 aliphatic rings. The van der Waals surface area contributed by atoms with Gasteiger partial charge < -0.3 is 15.6 Å². The molecule has 106 valence electrons. The van der Waals surface area contributed by atoms with Crippen LogP contribution in [-0.2, 0) is 17.9 Å². The van der Waals surface area contributed by atoms with Crippen molar-refractivity contribution in [3.63, 3.8) is 0 Å². The summed E-state index contributed by atoms with van der Waals surface area (Å²) in [4.78, 5) is 15.7. The van der Waals surface area contributed by atoms with Gasteiger partial charge in [-0.2, -0.15) is 0 Å². The van der Waals surface area contributed by atoms with Crippen LogP contribution in [0.25, 0.3) is 0 Å². The van der Waals surface area contributed by atoms with Gasteiger partial charge >= 0.3 is 0 Å². The second-order valence-corrected chi connectivity index (χ2v) is 4.67. The number of hydrogen-bond acceptors (Lipinski definition) is 3. The summed E-state index contributed by atoms with van der Waals surface area (Å²) in [5.41, 5.74) is 7.71. The fourth-order valence-electron chi connectivity index (χ4n) is 2.01. The maximum Gasteiger partial charge on any atom is 0.220 e. The largest absolute Gasteiger partial charge is 0.352 e. The topological polar surface area (TPSA) is 72.9 Å². The molecule has 1 aromatic carbocycles. The second-order valence-electron chi connectivity index (χ2n) is 4.67. The quantitative estimate of drug-likeness (QED) is 0.797. The Kier molecular flexibility index (Phi) is 5.32. The fourth-order valence-corrected chi connectivity index (χ4v) is 2.01. The fraction of sp³-hybridized carbons (Fsp3) is 0.333. The highest BCUT2D eigenvalue weighted by Gasteiger charge is 2.05. The number of benzene rings is 1. The molecule has 1 aromatic heterocycles. The van der Waals surface area contributed by atoms with Crippen LogP contribution < -0.4 is 11.1 Å². The monoisotopic (exact) mass is 272 g/mol. The van der Waals surface area contributed by atoms with Gasteiger partial charge in [0.25, 0.3) is 0 Å². The number of carbonyl (C=O) groups is 1. The van der Waals surface area contributed by atoms with Crippen LogP contribution in [0, 0.1) is 0 Å². The van der Waals surface area contributed by atoms with Crippen molar-refractivity contribution in [2.45, 2.75) is 25.9 Å². The number of hydrogen-bond donors (Lipinski definition) is 2. The van der Waals surface area contributed by atoms with Crippen molar-refractivity contribution in [1.29, 1.82) is 0 Å². The number of amides is 1. The van der Waals surface area contributed by atoms with Gasteiger partial charge in [-0.05, 0) is 24.1 Å². The van der Waals surface area contributed by atoms with Crippen LogP contribution in [0.2, 0.25) is 0 Å². The first-order chi connectivity index (χ1) is 9.79. The molecule has 0 atom stereocenters. The van der Waals surface area contributed by atoms with Crippen LogP contribution in [0.4, 0.5) is 0 Å². The van der Waals surface area contributed by atoms with E-state index in [4.69, 9.17) is 5.73 Å². The first kappa shape index (κ1) is 14.3. The van der Waals surface area contributed by atoms with Crippen molar-refractivity contribution in [1.82, 2.24) is 14.9 Å². The highest BCUT2D eigenvalue weighted by molar-refractivity contribution is 5.75. The van der Waals surface area contributed by atoms with E-state index in [1.807, 2.05) is 29.0 Å². The molecule has 20 heavy (non-hydrogen) atoms. The van der Waals surface area contributed by atoms with Crippen molar-refractivity contribution in [2.24, 2.45) is 5.73 Å². The molecule has 0 spiro atoms. The molecule has 1 heterocycles. The van der Waals surface area contributed by atoms with Gasteiger partial charge in [0.15, 0.2) is 0 Å². The Morgan fingerprint density at radius 2 is 2.10 bits per heavy atom. The molecule has 0 unspecified atom stereocenters. The zero-order chi connectivity index (χ0) is 14.2. The van der Waals surface area contributed by atoms with E-state index in [2.05, 4.69) is 16.4 Å². The molecule has 2 rings (SSSR count). The summed E-state index contributed by atoms with van der Waals surface area (Å²) in [7, 11) is 0. The molecule has 3 N–H and O–H groups in total. The maximum absolute atomic E-state index is 11.6. The number of nitrogens with one attached hydrogen (secondary N) is 1. The van der Waals surface area contributed by atoms with Crippen molar-refractivity contribution < 1.29 is 4.79 Å². The van der Waals surface area contributed by atoms with E-state index in [1.165, 1.54) is 5.56 Å². The van der Waals surface area contributed by atoms with E-state index in [1.54, 1.807) is 12.5 Å². The first-order valence-corrected chi connectivity index (χ1v) is 6.79. The third kappa shape index (κ3) is 4.20. The molecule has 5 nitrogen and oxygen atoms in total. The Morgan fingerprint density at radius 3 is 2.80 bits per heavy atom. The number of aromatic nitrogens is 2. The molecule has 0 aliphatic carbocycles. The number of nitrogens with two attached hydrogens (primary N) is 1. The van der Waals surface area contributed by atoms with Gasteiger partial charge in [-0.25, -0.2) is 4.98 Å². The third-order valence-corrected chi connectivity index (χ3v) is 3.11. The Hall–Kier alpha value is -2.14. The molecule has 0 saturated carbocycles. The molecule has 0 saturated heterocycles. The second kappa shape index (κ2) is 7.45. The summed E-state index contributed by atoms with van der Waals surface area (Å²) in [6.07, 6.45) is 6.69. The highest BCUT2D eigenvalue weighted by atomic mass is 16.1. The van der Waals surface area contributed by atoms with E-state index in [0.717, 1.165) is 18.5 Å². The van der Waals surface area contributed by atoms with Gasteiger partial charge in [-0.3, -0.25) is 4.79 Å². The van der Waals surface area contributed by atoms with Gasteiger partial charge in [0, 0.05) is 31.9 Å². The van der Waals surface area contributed by atoms with Crippen molar-refractivity contribution >= 4 is 5.91 Å². The highest BCUT2D eigenvalue weighted by Crippen LogP contribution is 2.10. The van der Waals surface area contributed by atoms with Gasteiger partial charge in [-0.15, -0.1) is 0 Å². The lowest BCUT2D eigenvalue weighted by Crippen LogP contribution is -2.24. The number of rotatable bonds is 7. The Bertz CT molecular complexity index is 537. The van der Waals surface area contributed by atoms with E-state index < -0.39 is 0 Å². The molecular weight excluding hydrogens is 252 g/mol. The van der Waals surface area contributed by atoms with Crippen LogP contribution in [0.3, 0.4) is 0 Å². The predicted octanol–water partition coefficient (Wildman–Crippen LogP) is 1.29. The molecule has 2 aromatic rings. The zero-order valence-electron chi connectivity index (χ0n) is 11.5. The maximum atomic E-state index is 11.6. The summed E-state index contributed by atoms with van der Waals surface area (Å²) < 4.78 is 2.01. The van der Waals surface area contributed by atoms with Crippen LogP contribution in [0.5, 0.6) is 0 Å². The summed E-state index contributed by atoms with van der Waals surface area (Å²) in [5.74, 6) is 0.0490. The summed E-state index contributed by atoms with van der Waals surface area (Å²) in [6.45, 7) is 1.85. The van der Waals surface area contributed by atoms with Gasteiger partial charge in [0.2, 0.25) is 5.91 Å². The van der Waals surface area contributed by atoms with Crippen LogP contribution in [0.15, 0.2) is 43.0 Å². The number of carbonyl (C=O) groups excluding carboxylic acids is 1. The first-order valence-electron chi connectivity index (χ1n) is 6.79. The molecule has 0 bridgehead atoms. The molecule has 0 radical (unpaired) electrons. The Balaban J connectivity index is 1.95.